The molecule has 5 fully saturated rings. The first kappa shape index (κ1) is 26.7. The minimum Gasteiger partial charge on any atom is -0.408 e. The molecular weight excluding hydrogens is 520 g/mol. The fraction of sp³-hybridized carbons (Fsp3) is 0.625. The summed E-state index contributed by atoms with van der Waals surface area (Å²) in [6.07, 6.45) is 12.8. The number of hydrogen-bond donors (Lipinski definition) is 0. The summed E-state index contributed by atoms with van der Waals surface area (Å²) in [6, 6.07) is 7.90. The van der Waals surface area contributed by atoms with E-state index in [0.717, 1.165) is 80.9 Å². The van der Waals surface area contributed by atoms with Gasteiger partial charge in [0.2, 0.25) is 11.8 Å². The molecule has 0 radical (unpaired) electrons. The van der Waals surface area contributed by atoms with E-state index in [0.29, 0.717) is 37.8 Å². The Morgan fingerprint density at radius 1 is 1.12 bits per heavy atom. The fourth-order valence-corrected chi connectivity index (χ4v) is 7.32. The molecule has 5 aliphatic rings. The number of carbonyl (C=O) groups is 1. The Morgan fingerprint density at radius 2 is 1.93 bits per heavy atom. The van der Waals surface area contributed by atoms with Crippen LogP contribution in [0.1, 0.15) is 95.2 Å². The van der Waals surface area contributed by atoms with Crippen molar-refractivity contribution in [3.63, 3.8) is 0 Å². The minimum atomic E-state index is -0.365. The molecule has 3 heterocycles. The van der Waals surface area contributed by atoms with E-state index in [9.17, 15) is 9.59 Å². The Kier molecular flexibility index (Phi) is 6.88. The number of benzene rings is 1. The van der Waals surface area contributed by atoms with Gasteiger partial charge in [-0.05, 0) is 94.6 Å². The molecular formula is C32H40N4O5. The Morgan fingerprint density at radius 3 is 2.61 bits per heavy atom. The molecule has 4 saturated carbocycles. The Bertz CT molecular complexity index is 1440. The second kappa shape index (κ2) is 10.6. The van der Waals surface area contributed by atoms with Gasteiger partial charge in [-0.25, -0.2) is 4.79 Å². The molecule has 1 saturated heterocycles. The van der Waals surface area contributed by atoms with Crippen molar-refractivity contribution in [1.29, 1.82) is 0 Å². The quantitative estimate of drug-likeness (QED) is 0.324. The molecule has 3 aromatic rings. The van der Waals surface area contributed by atoms with Crippen LogP contribution in [0.3, 0.4) is 0 Å². The van der Waals surface area contributed by atoms with E-state index < -0.39 is 0 Å². The van der Waals surface area contributed by atoms with Crippen molar-refractivity contribution < 1.29 is 18.5 Å². The van der Waals surface area contributed by atoms with Gasteiger partial charge in [0.15, 0.2) is 11.6 Å². The summed E-state index contributed by atoms with van der Waals surface area (Å²) in [5.74, 6) is 2.78. The summed E-state index contributed by atoms with van der Waals surface area (Å²) in [4.78, 5) is 33.1. The van der Waals surface area contributed by atoms with Crippen LogP contribution in [-0.2, 0) is 21.5 Å². The van der Waals surface area contributed by atoms with Crippen molar-refractivity contribution in [1.82, 2.24) is 14.7 Å². The van der Waals surface area contributed by atoms with Crippen molar-refractivity contribution in [3.8, 4) is 11.3 Å². The molecule has 2 aromatic heterocycles. The van der Waals surface area contributed by atoms with Crippen LogP contribution in [0.4, 0.5) is 5.69 Å². The molecule has 1 atom stereocenters. The minimum absolute atomic E-state index is 0.0138. The number of anilines is 1. The van der Waals surface area contributed by atoms with Crippen molar-refractivity contribution in [3.05, 3.63) is 52.7 Å². The summed E-state index contributed by atoms with van der Waals surface area (Å²) in [5, 5.41) is 4.32. The van der Waals surface area contributed by atoms with E-state index in [-0.39, 0.29) is 28.4 Å². The first-order chi connectivity index (χ1) is 20.0. The second-order valence-electron chi connectivity index (χ2n) is 13.0. The van der Waals surface area contributed by atoms with Crippen molar-refractivity contribution in [2.24, 2.45) is 11.3 Å². The van der Waals surface area contributed by atoms with Gasteiger partial charge >= 0.3 is 5.76 Å². The van der Waals surface area contributed by atoms with Crippen LogP contribution in [0, 0.1) is 11.3 Å². The number of aryl methyl sites for hydroxylation is 1. The first-order valence-corrected chi connectivity index (χ1v) is 15.5. The standard InChI is InChI=1S/C32H40N4O5/c1-2-35-19-26(40-30(35)38)24-6-3-7-25(18-24)36(27(37)17-22-5-4-16-39-20-22)21-31-10-13-32(14-11-31,15-12-31)29-33-28(34-41-29)23-8-9-23/h3,6-7,18-19,22-23H,2,4-5,8-17,20-21H2,1H3. The molecule has 41 heavy (non-hydrogen) atoms. The maximum absolute atomic E-state index is 14.0. The normalized spacial score (nSPS) is 27.7. The molecule has 1 aromatic carbocycles. The zero-order valence-electron chi connectivity index (χ0n) is 24.0. The number of ether oxygens (including phenoxy) is 1. The molecule has 218 valence electrons. The van der Waals surface area contributed by atoms with Gasteiger partial charge in [-0.15, -0.1) is 0 Å². The molecule has 8 rings (SSSR count). The van der Waals surface area contributed by atoms with Crippen molar-refractivity contribution in [2.45, 2.75) is 95.4 Å². The highest BCUT2D eigenvalue weighted by Crippen LogP contribution is 2.58. The topological polar surface area (TPSA) is 104 Å². The molecule has 1 aliphatic heterocycles. The highest BCUT2D eigenvalue weighted by molar-refractivity contribution is 5.94. The van der Waals surface area contributed by atoms with Crippen LogP contribution < -0.4 is 10.7 Å². The Hall–Kier alpha value is -3.20. The van der Waals surface area contributed by atoms with Crippen LogP contribution in [0.5, 0.6) is 0 Å². The van der Waals surface area contributed by atoms with Gasteiger partial charge in [0, 0.05) is 55.3 Å². The lowest BCUT2D eigenvalue weighted by Gasteiger charge is -2.53. The van der Waals surface area contributed by atoms with Gasteiger partial charge in [-0.2, -0.15) is 4.98 Å². The lowest BCUT2D eigenvalue weighted by Crippen LogP contribution is -2.51. The highest BCUT2D eigenvalue weighted by Gasteiger charge is 2.53. The number of aromatic nitrogens is 3. The summed E-state index contributed by atoms with van der Waals surface area (Å²) in [7, 11) is 0. The Labute approximate surface area is 240 Å². The number of oxazole rings is 1. The lowest BCUT2D eigenvalue weighted by atomic mass is 9.53. The van der Waals surface area contributed by atoms with Crippen molar-refractivity contribution in [2.75, 3.05) is 24.7 Å². The third kappa shape index (κ3) is 5.17. The highest BCUT2D eigenvalue weighted by atomic mass is 16.5. The summed E-state index contributed by atoms with van der Waals surface area (Å²) in [6.45, 7) is 4.59. The summed E-state index contributed by atoms with van der Waals surface area (Å²) in [5.41, 5.74) is 1.71. The number of rotatable bonds is 9. The molecule has 2 bridgehead atoms. The molecule has 0 spiro atoms. The van der Waals surface area contributed by atoms with Gasteiger partial charge in [0.1, 0.15) is 0 Å². The van der Waals surface area contributed by atoms with Crippen LogP contribution >= 0.6 is 0 Å². The maximum atomic E-state index is 14.0. The van der Waals surface area contributed by atoms with Gasteiger partial charge in [0.05, 0.1) is 6.20 Å². The molecule has 9 heteroatoms. The average molecular weight is 561 g/mol. The maximum Gasteiger partial charge on any atom is 0.419 e. The summed E-state index contributed by atoms with van der Waals surface area (Å²) < 4.78 is 18.6. The molecule has 9 nitrogen and oxygen atoms in total. The van der Waals surface area contributed by atoms with Gasteiger partial charge < -0.3 is 18.6 Å². The zero-order chi connectivity index (χ0) is 28.0. The first-order valence-electron chi connectivity index (χ1n) is 15.5. The van der Waals surface area contributed by atoms with Crippen LogP contribution in [-0.4, -0.2) is 40.4 Å². The smallest absolute Gasteiger partial charge is 0.408 e. The largest absolute Gasteiger partial charge is 0.419 e. The van der Waals surface area contributed by atoms with E-state index in [1.54, 1.807) is 10.8 Å². The van der Waals surface area contributed by atoms with Crippen molar-refractivity contribution >= 4 is 11.6 Å². The predicted molar refractivity (Wildman–Crippen MR) is 153 cm³/mol. The van der Waals surface area contributed by atoms with Crippen LogP contribution in [0.2, 0.25) is 0 Å². The number of amides is 1. The van der Waals surface area contributed by atoms with Crippen LogP contribution in [0.25, 0.3) is 11.3 Å². The van der Waals surface area contributed by atoms with E-state index >= 15 is 0 Å². The van der Waals surface area contributed by atoms with Crippen LogP contribution in [0.15, 0.2) is 44.2 Å². The predicted octanol–water partition coefficient (Wildman–Crippen LogP) is 5.83. The number of hydrogen-bond acceptors (Lipinski definition) is 7. The Balaban J connectivity index is 1.14. The third-order valence-electron chi connectivity index (χ3n) is 10.2. The second-order valence-corrected chi connectivity index (χ2v) is 13.0. The summed E-state index contributed by atoms with van der Waals surface area (Å²) >= 11 is 0. The number of carbonyl (C=O) groups excluding carboxylic acids is 1. The van der Waals surface area contributed by atoms with Gasteiger partial charge in [0.25, 0.3) is 0 Å². The SMILES string of the molecule is CCn1cc(-c2cccc(N(CC34CCC(c5nc(C6CC6)no5)(CC3)CC4)C(=O)CC3CCCOC3)c2)oc1=O. The van der Waals surface area contributed by atoms with Gasteiger partial charge in [-0.1, -0.05) is 17.3 Å². The fourth-order valence-electron chi connectivity index (χ4n) is 7.32. The average Bonchev–Trinajstić information content (AvgIpc) is 3.61. The molecule has 4 aliphatic carbocycles. The number of nitrogens with zero attached hydrogens (tertiary/aromatic N) is 4. The molecule has 0 N–H and O–H groups in total. The molecule has 1 unspecified atom stereocenters. The van der Waals surface area contributed by atoms with E-state index in [2.05, 4.69) is 5.16 Å². The van der Waals surface area contributed by atoms with E-state index in [1.807, 2.05) is 36.1 Å². The zero-order valence-corrected chi connectivity index (χ0v) is 24.0. The van der Waals surface area contributed by atoms with E-state index in [1.165, 1.54) is 12.8 Å². The van der Waals surface area contributed by atoms with Gasteiger partial charge in [-0.3, -0.25) is 9.36 Å². The molecule has 1 amide bonds. The van der Waals surface area contributed by atoms with E-state index in [4.69, 9.17) is 18.7 Å². The number of fused-ring (bicyclic) bond motifs is 3. The lowest BCUT2D eigenvalue weighted by molar-refractivity contribution is -0.121. The monoisotopic (exact) mass is 560 g/mol. The third-order valence-corrected chi connectivity index (χ3v) is 10.2.